The number of hydrogen-bond acceptors (Lipinski definition) is 7. The molecule has 2 aromatic rings. The van der Waals surface area contributed by atoms with Crippen molar-refractivity contribution in [1.29, 1.82) is 10.5 Å². The van der Waals surface area contributed by atoms with Crippen LogP contribution in [-0.4, -0.2) is 50.9 Å². The largest absolute Gasteiger partial charge is 0.495 e. The number of methoxy groups -OCH3 is 1. The van der Waals surface area contributed by atoms with Crippen LogP contribution in [0.4, 0.5) is 16.4 Å². The van der Waals surface area contributed by atoms with Crippen LogP contribution in [0.2, 0.25) is 0 Å². The summed E-state index contributed by atoms with van der Waals surface area (Å²) in [6.45, 7) is 19.0. The van der Waals surface area contributed by atoms with Crippen molar-refractivity contribution < 1.29 is 9.22 Å². The van der Waals surface area contributed by atoms with Crippen LogP contribution in [-0.2, 0) is 0 Å². The molecule has 176 valence electrons. The standard InChI is InChI=1S/C25H35N6OS/c1-8-30(12-13-31(9-2,10-3)11-4)22-14-18(5)21(15-23(22)32-7)28-29-25-20(16-26)19(6)24(17-27)33-25/h14-15H,8-13H2,1-7H3/q+1. The SMILES string of the molecule is CCN(CC[N+](CC)(CC)CC)c1cc(C)c(N=Nc2sc(C#N)c(C)c2C#N)cc1OC. The lowest BCUT2D eigenvalue weighted by Crippen LogP contribution is -2.51. The summed E-state index contributed by atoms with van der Waals surface area (Å²) in [5, 5.41) is 27.9. The highest BCUT2D eigenvalue weighted by Crippen LogP contribution is 2.38. The van der Waals surface area contributed by atoms with E-state index in [0.29, 0.717) is 26.7 Å². The molecule has 33 heavy (non-hydrogen) atoms. The molecule has 8 heteroatoms. The van der Waals surface area contributed by atoms with Gasteiger partial charge < -0.3 is 14.1 Å². The Labute approximate surface area is 202 Å². The molecule has 7 nitrogen and oxygen atoms in total. The second-order valence-electron chi connectivity index (χ2n) is 8.06. The number of quaternary nitrogens is 1. The first-order valence-electron chi connectivity index (χ1n) is 11.5. The Morgan fingerprint density at radius 3 is 2.21 bits per heavy atom. The van der Waals surface area contributed by atoms with Crippen molar-refractivity contribution in [3.05, 3.63) is 33.7 Å². The molecule has 0 N–H and O–H groups in total. The summed E-state index contributed by atoms with van der Waals surface area (Å²) < 4.78 is 6.82. The van der Waals surface area contributed by atoms with E-state index in [1.54, 1.807) is 14.0 Å². The number of likely N-dealkylation sites (N-methyl/N-ethyl adjacent to an activating group) is 2. The molecule has 0 radical (unpaired) electrons. The Kier molecular flexibility index (Phi) is 9.40. The molecule has 0 saturated carbocycles. The number of hydrogen-bond donors (Lipinski definition) is 0. The Morgan fingerprint density at radius 2 is 1.70 bits per heavy atom. The summed E-state index contributed by atoms with van der Waals surface area (Å²) in [7, 11) is 1.67. The number of nitrogens with zero attached hydrogens (tertiary/aromatic N) is 6. The van der Waals surface area contributed by atoms with Crippen LogP contribution in [0.3, 0.4) is 0 Å². The summed E-state index contributed by atoms with van der Waals surface area (Å²) in [5.74, 6) is 0.750. The fourth-order valence-electron chi connectivity index (χ4n) is 4.01. The van der Waals surface area contributed by atoms with Gasteiger partial charge in [-0.05, 0) is 58.7 Å². The average Bonchev–Trinajstić information content (AvgIpc) is 3.15. The number of nitriles is 2. The molecule has 2 rings (SSSR count). The van der Waals surface area contributed by atoms with Crippen molar-refractivity contribution in [2.45, 2.75) is 41.5 Å². The molecule has 1 aromatic heterocycles. The molecule has 1 aromatic carbocycles. The van der Waals surface area contributed by atoms with Crippen molar-refractivity contribution in [1.82, 2.24) is 0 Å². The number of thiophene rings is 1. The molecule has 0 aliphatic heterocycles. The third-order valence-corrected chi connectivity index (χ3v) is 7.75. The average molecular weight is 468 g/mol. The number of rotatable bonds is 11. The highest BCUT2D eigenvalue weighted by molar-refractivity contribution is 7.16. The van der Waals surface area contributed by atoms with Gasteiger partial charge in [-0.25, -0.2) is 0 Å². The topological polar surface area (TPSA) is 84.8 Å². The predicted molar refractivity (Wildman–Crippen MR) is 135 cm³/mol. The van der Waals surface area contributed by atoms with E-state index >= 15 is 0 Å². The van der Waals surface area contributed by atoms with E-state index in [9.17, 15) is 10.5 Å². The van der Waals surface area contributed by atoms with Crippen molar-refractivity contribution in [3.63, 3.8) is 0 Å². The predicted octanol–water partition coefficient (Wildman–Crippen LogP) is 6.24. The van der Waals surface area contributed by atoms with E-state index in [1.165, 1.54) is 11.3 Å². The first-order chi connectivity index (χ1) is 15.8. The van der Waals surface area contributed by atoms with Gasteiger partial charge in [0.15, 0.2) is 5.00 Å². The van der Waals surface area contributed by atoms with Gasteiger partial charge in [0.05, 0.1) is 56.8 Å². The summed E-state index contributed by atoms with van der Waals surface area (Å²) >= 11 is 1.19. The highest BCUT2D eigenvalue weighted by Gasteiger charge is 2.23. The Hall–Kier alpha value is -2.94. The normalized spacial score (nSPS) is 11.4. The molecular weight excluding hydrogens is 432 g/mol. The minimum Gasteiger partial charge on any atom is -0.495 e. The molecule has 0 fully saturated rings. The molecule has 0 unspecified atom stereocenters. The summed E-state index contributed by atoms with van der Waals surface area (Å²) in [6, 6.07) is 8.25. The second kappa shape index (κ2) is 11.8. The first-order valence-corrected chi connectivity index (χ1v) is 12.3. The molecule has 0 atom stereocenters. The third kappa shape index (κ3) is 5.71. The Morgan fingerprint density at radius 1 is 1.03 bits per heavy atom. The van der Waals surface area contributed by atoms with E-state index in [2.05, 4.69) is 61.0 Å². The minimum absolute atomic E-state index is 0.406. The molecule has 0 aliphatic rings. The number of ether oxygens (including phenoxy) is 1. The summed E-state index contributed by atoms with van der Waals surface area (Å²) in [5.41, 5.74) is 3.77. The second-order valence-corrected chi connectivity index (χ2v) is 9.06. The van der Waals surface area contributed by atoms with Crippen molar-refractivity contribution in [2.75, 3.05) is 51.3 Å². The van der Waals surface area contributed by atoms with E-state index in [-0.39, 0.29) is 0 Å². The summed E-state index contributed by atoms with van der Waals surface area (Å²) in [6.07, 6.45) is 0. The van der Waals surface area contributed by atoms with Gasteiger partial charge in [-0.15, -0.1) is 21.6 Å². The van der Waals surface area contributed by atoms with Gasteiger partial charge in [-0.1, -0.05) is 0 Å². The smallest absolute Gasteiger partial charge is 0.158 e. The van der Waals surface area contributed by atoms with Gasteiger partial charge in [0.1, 0.15) is 22.8 Å². The van der Waals surface area contributed by atoms with Crippen LogP contribution < -0.4 is 9.64 Å². The maximum Gasteiger partial charge on any atom is 0.158 e. The van der Waals surface area contributed by atoms with Gasteiger partial charge >= 0.3 is 0 Å². The van der Waals surface area contributed by atoms with Crippen LogP contribution in [0.25, 0.3) is 0 Å². The van der Waals surface area contributed by atoms with Gasteiger partial charge in [-0.2, -0.15) is 10.5 Å². The van der Waals surface area contributed by atoms with Gasteiger partial charge in [0.25, 0.3) is 0 Å². The van der Waals surface area contributed by atoms with E-state index < -0.39 is 0 Å². The number of benzene rings is 1. The number of azo groups is 1. The molecule has 0 aliphatic carbocycles. The minimum atomic E-state index is 0.406. The molecular formula is C25H35N6OS+. The maximum absolute atomic E-state index is 9.45. The monoisotopic (exact) mass is 467 g/mol. The zero-order valence-electron chi connectivity index (χ0n) is 20.9. The van der Waals surface area contributed by atoms with Gasteiger partial charge in [0, 0.05) is 12.6 Å². The lowest BCUT2D eigenvalue weighted by atomic mass is 10.1. The summed E-state index contributed by atoms with van der Waals surface area (Å²) in [4.78, 5) is 2.85. The van der Waals surface area contributed by atoms with Crippen molar-refractivity contribution >= 4 is 27.7 Å². The van der Waals surface area contributed by atoms with E-state index in [1.807, 2.05) is 13.0 Å². The molecule has 0 saturated heterocycles. The van der Waals surface area contributed by atoms with Gasteiger partial charge in [-0.3, -0.25) is 0 Å². The van der Waals surface area contributed by atoms with Crippen LogP contribution in [0.1, 0.15) is 49.3 Å². The fraction of sp³-hybridized carbons (Fsp3) is 0.520. The zero-order chi connectivity index (χ0) is 24.6. The van der Waals surface area contributed by atoms with Crippen LogP contribution in [0, 0.1) is 36.5 Å². The molecule has 0 amide bonds. The van der Waals surface area contributed by atoms with E-state index in [0.717, 1.165) is 60.8 Å². The van der Waals surface area contributed by atoms with Crippen LogP contribution in [0.15, 0.2) is 22.4 Å². The lowest BCUT2D eigenvalue weighted by Gasteiger charge is -2.38. The molecule has 0 spiro atoms. The Balaban J connectivity index is 2.37. The number of anilines is 1. The maximum atomic E-state index is 9.45. The van der Waals surface area contributed by atoms with Crippen molar-refractivity contribution in [3.8, 4) is 17.9 Å². The molecule has 1 heterocycles. The first kappa shape index (κ1) is 26.3. The van der Waals surface area contributed by atoms with Crippen LogP contribution in [0.5, 0.6) is 5.75 Å². The van der Waals surface area contributed by atoms with Crippen molar-refractivity contribution in [2.24, 2.45) is 10.2 Å². The third-order valence-electron chi connectivity index (χ3n) is 6.67. The zero-order valence-corrected chi connectivity index (χ0v) is 21.7. The fourth-order valence-corrected chi connectivity index (χ4v) is 4.89. The van der Waals surface area contributed by atoms with Crippen LogP contribution >= 0.6 is 11.3 Å². The Bertz CT molecular complexity index is 1060. The highest BCUT2D eigenvalue weighted by atomic mass is 32.1. The number of aryl methyl sites for hydroxylation is 1. The van der Waals surface area contributed by atoms with Gasteiger partial charge in [0.2, 0.25) is 0 Å². The quantitative estimate of drug-likeness (QED) is 0.289. The van der Waals surface area contributed by atoms with E-state index in [4.69, 9.17) is 4.74 Å². The molecule has 0 bridgehead atoms. The lowest BCUT2D eigenvalue weighted by molar-refractivity contribution is -0.921.